The molecular formula is C28H68N2O6S. The number of rotatable bonds is 8. The number of ether oxygens (including phenoxy) is 2. The minimum absolute atomic E-state index is 0. The summed E-state index contributed by atoms with van der Waals surface area (Å²) in [6, 6.07) is 0. The smallest absolute Gasteiger partial charge is 0.229 e. The van der Waals surface area contributed by atoms with E-state index < -0.39 is 5.41 Å². The Bertz CT molecular complexity index is 522. The number of allylic oxidation sites excluding steroid dienone is 2. The van der Waals surface area contributed by atoms with E-state index in [-0.39, 0.29) is 29.2 Å². The predicted molar refractivity (Wildman–Crippen MR) is 169 cm³/mol. The number of nitrogens with one attached hydrogen (secondary N) is 2. The first-order chi connectivity index (χ1) is 15.9. The molecular weight excluding hydrogens is 492 g/mol. The zero-order valence-electron chi connectivity index (χ0n) is 26.5. The molecule has 1 aliphatic rings. The number of thiol groups is 1. The van der Waals surface area contributed by atoms with Crippen LogP contribution in [0.2, 0.25) is 0 Å². The number of hydrogen-bond acceptors (Lipinski definition) is 5. The summed E-state index contributed by atoms with van der Waals surface area (Å²) >= 11 is 3.53. The number of hydrogen-bond donors (Lipinski definition) is 3. The van der Waals surface area contributed by atoms with Gasteiger partial charge in [-0.1, -0.05) is 75.8 Å². The van der Waals surface area contributed by atoms with Crippen molar-refractivity contribution in [3.05, 3.63) is 23.9 Å². The Morgan fingerprint density at radius 2 is 1.46 bits per heavy atom. The van der Waals surface area contributed by atoms with Gasteiger partial charge >= 0.3 is 0 Å². The van der Waals surface area contributed by atoms with Gasteiger partial charge in [0.2, 0.25) is 5.91 Å². The summed E-state index contributed by atoms with van der Waals surface area (Å²) in [5.41, 5.74) is 1.12. The lowest BCUT2D eigenvalue weighted by atomic mass is 9.85. The van der Waals surface area contributed by atoms with Crippen LogP contribution in [0.1, 0.15) is 90.4 Å². The molecule has 1 fully saturated rings. The predicted octanol–water partition coefficient (Wildman–Crippen LogP) is 4.67. The fourth-order valence-electron chi connectivity index (χ4n) is 2.39. The van der Waals surface area contributed by atoms with Crippen molar-refractivity contribution in [2.24, 2.45) is 16.7 Å². The van der Waals surface area contributed by atoms with Crippen LogP contribution in [0.5, 0.6) is 0 Å². The Balaban J connectivity index is -0.0000000743. The normalized spacial score (nSPS) is 12.8. The van der Waals surface area contributed by atoms with Gasteiger partial charge in [0.25, 0.3) is 0 Å². The van der Waals surface area contributed by atoms with E-state index in [1.54, 1.807) is 13.4 Å². The highest BCUT2D eigenvalue weighted by Crippen LogP contribution is 2.27. The van der Waals surface area contributed by atoms with Crippen molar-refractivity contribution in [3.8, 4) is 0 Å². The number of amides is 1. The number of methoxy groups -OCH3 is 1. The molecule has 0 aliphatic carbocycles. The maximum atomic E-state index is 11.9. The topological polar surface area (TPSA) is 154 Å². The summed E-state index contributed by atoms with van der Waals surface area (Å²) in [7, 11) is 1.65. The molecule has 37 heavy (non-hydrogen) atoms. The van der Waals surface area contributed by atoms with Gasteiger partial charge in [0.15, 0.2) is 0 Å². The largest absolute Gasteiger partial charge is 0.412 e. The van der Waals surface area contributed by atoms with Crippen LogP contribution in [-0.4, -0.2) is 68.6 Å². The van der Waals surface area contributed by atoms with Crippen molar-refractivity contribution in [1.82, 2.24) is 10.6 Å². The molecule has 1 heterocycles. The molecule has 0 bridgehead atoms. The monoisotopic (exact) mass is 560 g/mol. The van der Waals surface area contributed by atoms with Crippen LogP contribution in [0, 0.1) is 16.7 Å². The lowest BCUT2D eigenvalue weighted by molar-refractivity contribution is -0.127. The van der Waals surface area contributed by atoms with Crippen LogP contribution in [0.25, 0.3) is 0 Å². The van der Waals surface area contributed by atoms with Crippen molar-refractivity contribution < 1.29 is 32.1 Å². The summed E-state index contributed by atoms with van der Waals surface area (Å²) in [6.45, 7) is 30.3. The Hall–Kier alpha value is -0.940. The summed E-state index contributed by atoms with van der Waals surface area (Å²) in [5.74, 6) is 0.972. The van der Waals surface area contributed by atoms with Crippen LogP contribution in [0.3, 0.4) is 0 Å². The Morgan fingerprint density at radius 1 is 1.03 bits per heavy atom. The first kappa shape index (κ1) is 52.5. The number of carbonyl (C=O) groups excluding carboxylic acids is 1. The first-order valence-corrected chi connectivity index (χ1v) is 13.7. The molecule has 8 N–H and O–H groups in total. The van der Waals surface area contributed by atoms with Crippen LogP contribution in [-0.2, 0) is 14.3 Å². The van der Waals surface area contributed by atoms with Gasteiger partial charge in [-0.05, 0) is 56.7 Å². The van der Waals surface area contributed by atoms with Crippen molar-refractivity contribution in [2.45, 2.75) is 89.0 Å². The fourth-order valence-corrected chi connectivity index (χ4v) is 2.39. The molecule has 1 aliphatic heterocycles. The Morgan fingerprint density at radius 3 is 1.78 bits per heavy atom. The lowest BCUT2D eigenvalue weighted by Crippen LogP contribution is -2.33. The minimum atomic E-state index is -0.408. The van der Waals surface area contributed by atoms with Gasteiger partial charge in [-0.25, -0.2) is 0 Å². The van der Waals surface area contributed by atoms with Crippen LogP contribution >= 0.6 is 12.6 Å². The van der Waals surface area contributed by atoms with Crippen LogP contribution < -0.4 is 10.6 Å². The van der Waals surface area contributed by atoms with E-state index in [4.69, 9.17) is 9.47 Å². The van der Waals surface area contributed by atoms with Gasteiger partial charge in [-0.15, -0.1) is 0 Å². The number of piperidine rings is 1. The highest BCUT2D eigenvalue weighted by Gasteiger charge is 2.23. The van der Waals surface area contributed by atoms with E-state index in [0.29, 0.717) is 19.8 Å². The molecule has 0 spiro atoms. The average molecular weight is 561 g/mol. The molecule has 0 aromatic rings. The van der Waals surface area contributed by atoms with Crippen molar-refractivity contribution in [2.75, 3.05) is 46.3 Å². The quantitative estimate of drug-likeness (QED) is 0.224. The van der Waals surface area contributed by atoms with E-state index in [2.05, 4.69) is 50.6 Å². The van der Waals surface area contributed by atoms with E-state index in [0.717, 1.165) is 17.2 Å². The molecule has 0 aromatic carbocycles. The highest BCUT2D eigenvalue weighted by atomic mass is 32.1. The number of carbonyl (C=O) groups is 1. The molecule has 232 valence electrons. The Labute approximate surface area is 237 Å². The van der Waals surface area contributed by atoms with E-state index in [9.17, 15) is 4.79 Å². The maximum absolute atomic E-state index is 11.9. The SMILES string of the molecule is C=C(/C=C(\C)NC(=O)C(C)(C)C)C(C)(C)COCCOC.CC.CC.CC1CCNCC1.CS.O.O.O.[HH]. The molecule has 0 saturated carbocycles. The zero-order chi connectivity index (χ0) is 27.8. The average Bonchev–Trinajstić information content (AvgIpc) is 2.81. The van der Waals surface area contributed by atoms with Crippen LogP contribution in [0.15, 0.2) is 23.9 Å². The van der Waals surface area contributed by atoms with Crippen molar-refractivity contribution >= 4 is 18.5 Å². The van der Waals surface area contributed by atoms with Gasteiger partial charge in [-0.2, -0.15) is 12.6 Å². The standard InChI is InChI=1S/C17H31NO3.C6H13N.2C2H6.CH4S.3H2O.H2/c1-13(17(6,7)12-21-10-9-20-8)11-14(2)18-15(19)16(3,4)5;1-6-2-4-7-5-3-6;3*1-2;;;;/h11H,1,9-10,12H2,2-8H3,(H,18,19);6-7H,2-5H2,1H3;2*1-2H3;2H,1H3;3*1H2;1H/b14-11+;;;;;;;;. The first-order valence-electron chi connectivity index (χ1n) is 12.8. The molecule has 0 aromatic heterocycles. The van der Waals surface area contributed by atoms with Crippen molar-refractivity contribution in [3.63, 3.8) is 0 Å². The third-order valence-corrected chi connectivity index (χ3v) is 4.77. The molecule has 0 atom stereocenters. The van der Waals surface area contributed by atoms with Gasteiger partial charge < -0.3 is 36.5 Å². The molecule has 9 heteroatoms. The second kappa shape index (κ2) is 33.1. The van der Waals surface area contributed by atoms with E-state index >= 15 is 0 Å². The molecule has 1 saturated heterocycles. The molecule has 1 rings (SSSR count). The molecule has 0 radical (unpaired) electrons. The Kier molecular flexibility index (Phi) is 46.9. The minimum Gasteiger partial charge on any atom is -0.412 e. The van der Waals surface area contributed by atoms with Crippen molar-refractivity contribution in [1.29, 1.82) is 0 Å². The van der Waals surface area contributed by atoms with E-state index in [1.165, 1.54) is 25.9 Å². The molecule has 8 nitrogen and oxygen atoms in total. The highest BCUT2D eigenvalue weighted by molar-refractivity contribution is 7.79. The fraction of sp³-hybridized carbons (Fsp3) is 0.821. The summed E-state index contributed by atoms with van der Waals surface area (Å²) < 4.78 is 10.5. The maximum Gasteiger partial charge on any atom is 0.229 e. The molecule has 1 amide bonds. The van der Waals surface area contributed by atoms with E-state index in [1.807, 2.05) is 61.5 Å². The second-order valence-electron chi connectivity index (χ2n) is 9.42. The summed E-state index contributed by atoms with van der Waals surface area (Å²) in [5, 5.41) is 6.21. The zero-order valence-corrected chi connectivity index (χ0v) is 27.4. The van der Waals surface area contributed by atoms with Crippen LogP contribution in [0.4, 0.5) is 0 Å². The van der Waals surface area contributed by atoms with Gasteiger partial charge in [0, 0.05) is 25.1 Å². The third kappa shape index (κ3) is 33.0. The lowest BCUT2D eigenvalue weighted by Gasteiger charge is -2.26. The van der Waals surface area contributed by atoms with Gasteiger partial charge in [-0.3, -0.25) is 4.79 Å². The third-order valence-electron chi connectivity index (χ3n) is 4.77. The van der Waals surface area contributed by atoms with Gasteiger partial charge in [0.1, 0.15) is 0 Å². The second-order valence-corrected chi connectivity index (χ2v) is 9.42. The summed E-state index contributed by atoms with van der Waals surface area (Å²) in [4.78, 5) is 11.9. The summed E-state index contributed by atoms with van der Waals surface area (Å²) in [6.07, 6.45) is 6.35. The molecule has 0 unspecified atom stereocenters. The van der Waals surface area contributed by atoms with Gasteiger partial charge in [0.05, 0.1) is 19.8 Å².